The molecule has 0 radical (unpaired) electrons. The molecule has 8 heteroatoms. The van der Waals surface area contributed by atoms with E-state index in [1.807, 2.05) is 0 Å². The first-order valence-electron chi connectivity index (χ1n) is 3.62. The van der Waals surface area contributed by atoms with Crippen molar-refractivity contribution in [1.82, 2.24) is 0 Å². The molecule has 1 aromatic rings. The predicted molar refractivity (Wildman–Crippen MR) is 65.7 cm³/mol. The quantitative estimate of drug-likeness (QED) is 0.323. The average molecular weight is 256 g/mol. The molecule has 0 aromatic heterocycles. The van der Waals surface area contributed by atoms with Crippen LogP contribution in [-0.2, 0) is 4.57 Å². The van der Waals surface area contributed by atoms with E-state index in [2.05, 4.69) is 17.5 Å². The number of thiocarbonyl (C=S) groups is 1. The van der Waals surface area contributed by atoms with Crippen molar-refractivity contribution < 1.29 is 14.4 Å². The van der Waals surface area contributed by atoms with E-state index in [4.69, 9.17) is 15.5 Å². The van der Waals surface area contributed by atoms with Crippen LogP contribution in [0.25, 0.3) is 0 Å². The van der Waals surface area contributed by atoms with Gasteiger partial charge in [0.1, 0.15) is 0 Å². The molecule has 0 unspecified atom stereocenters. The number of nitrogens with two attached hydrogens (primary N) is 1. The Hall–Kier alpha value is 0.0600. The SMILES string of the molecule is NC(=S)Nc1ccc(P(=O)(O)O)cc1.[NaH]. The molecular weight excluding hydrogens is 246 g/mol. The van der Waals surface area contributed by atoms with Gasteiger partial charge in [-0.05, 0) is 36.5 Å². The maximum absolute atomic E-state index is 10.8. The van der Waals surface area contributed by atoms with Crippen molar-refractivity contribution in [3.63, 3.8) is 0 Å². The Labute approximate surface area is 115 Å². The summed E-state index contributed by atoms with van der Waals surface area (Å²) in [5, 5.41) is 2.71. The molecule has 78 valence electrons. The van der Waals surface area contributed by atoms with Crippen molar-refractivity contribution in [2.45, 2.75) is 0 Å². The molecule has 0 amide bonds. The summed E-state index contributed by atoms with van der Waals surface area (Å²) >= 11 is 4.60. The van der Waals surface area contributed by atoms with E-state index in [1.165, 1.54) is 24.3 Å². The summed E-state index contributed by atoms with van der Waals surface area (Å²) in [7, 11) is -4.16. The third kappa shape index (κ3) is 5.08. The van der Waals surface area contributed by atoms with Crippen molar-refractivity contribution in [2.24, 2.45) is 5.73 Å². The second kappa shape index (κ2) is 5.96. The zero-order valence-corrected chi connectivity index (χ0v) is 8.76. The summed E-state index contributed by atoms with van der Waals surface area (Å²) in [6.45, 7) is 0. The van der Waals surface area contributed by atoms with Gasteiger partial charge in [0, 0.05) is 5.69 Å². The topological polar surface area (TPSA) is 95.6 Å². The molecule has 15 heavy (non-hydrogen) atoms. The van der Waals surface area contributed by atoms with E-state index in [0.717, 1.165) is 0 Å². The van der Waals surface area contributed by atoms with Gasteiger partial charge in [-0.3, -0.25) is 4.57 Å². The number of hydrogen-bond acceptors (Lipinski definition) is 2. The van der Waals surface area contributed by atoms with Gasteiger partial charge in [0.15, 0.2) is 5.11 Å². The standard InChI is InChI=1S/C7H9N2O3PS.Na.H/c8-7(14)9-5-1-3-6(4-2-5)13(10,11)12;;/h1-4H,(H3,8,9,14)(H2,10,11,12);;. The van der Waals surface area contributed by atoms with Crippen LogP contribution in [0.3, 0.4) is 0 Å². The van der Waals surface area contributed by atoms with Crippen LogP contribution in [-0.4, -0.2) is 44.5 Å². The van der Waals surface area contributed by atoms with Gasteiger partial charge in [-0.25, -0.2) is 0 Å². The first-order valence-corrected chi connectivity index (χ1v) is 5.64. The molecule has 0 saturated heterocycles. The molecule has 0 saturated carbocycles. The molecule has 0 bridgehead atoms. The van der Waals surface area contributed by atoms with Crippen molar-refractivity contribution in [2.75, 3.05) is 5.32 Å². The summed E-state index contributed by atoms with van der Waals surface area (Å²) in [5.41, 5.74) is 5.81. The zero-order chi connectivity index (χ0) is 10.8. The molecule has 0 spiro atoms. The molecule has 5 N–H and O–H groups in total. The van der Waals surface area contributed by atoms with E-state index < -0.39 is 7.60 Å². The summed E-state index contributed by atoms with van der Waals surface area (Å²) in [4.78, 5) is 17.6. The monoisotopic (exact) mass is 256 g/mol. The fourth-order valence-corrected chi connectivity index (χ4v) is 1.54. The Kier molecular flexibility index (Phi) is 5.98. The van der Waals surface area contributed by atoms with Crippen molar-refractivity contribution in [3.8, 4) is 0 Å². The molecular formula is C7H10N2NaO3PS. The van der Waals surface area contributed by atoms with Crippen LogP contribution in [0.5, 0.6) is 0 Å². The number of nitrogens with one attached hydrogen (secondary N) is 1. The van der Waals surface area contributed by atoms with E-state index in [1.54, 1.807) is 0 Å². The zero-order valence-electron chi connectivity index (χ0n) is 7.04. The summed E-state index contributed by atoms with van der Waals surface area (Å²) < 4.78 is 10.8. The Balaban J connectivity index is 0.00000196. The van der Waals surface area contributed by atoms with Crippen LogP contribution >= 0.6 is 19.8 Å². The maximum atomic E-state index is 10.8. The molecule has 5 nitrogen and oxygen atoms in total. The molecule has 0 aliphatic rings. The summed E-state index contributed by atoms with van der Waals surface area (Å²) in [6, 6.07) is 5.63. The van der Waals surface area contributed by atoms with Gasteiger partial charge in [-0.15, -0.1) is 0 Å². The van der Waals surface area contributed by atoms with Gasteiger partial charge in [-0.1, -0.05) is 0 Å². The fraction of sp³-hybridized carbons (Fsp3) is 0. The van der Waals surface area contributed by atoms with Crippen LogP contribution in [0.15, 0.2) is 24.3 Å². The molecule has 0 atom stereocenters. The Morgan fingerprint density at radius 3 is 2.13 bits per heavy atom. The predicted octanol–water partition coefficient (Wildman–Crippen LogP) is -0.503. The van der Waals surface area contributed by atoms with Gasteiger partial charge in [0.2, 0.25) is 0 Å². The Morgan fingerprint density at radius 1 is 1.33 bits per heavy atom. The van der Waals surface area contributed by atoms with Crippen LogP contribution in [0.4, 0.5) is 5.69 Å². The third-order valence-electron chi connectivity index (χ3n) is 1.47. The Bertz CT molecular complexity index is 392. The second-order valence-electron chi connectivity index (χ2n) is 2.58. The van der Waals surface area contributed by atoms with Gasteiger partial charge in [-0.2, -0.15) is 0 Å². The number of hydrogen-bond donors (Lipinski definition) is 4. The van der Waals surface area contributed by atoms with E-state index in [9.17, 15) is 4.57 Å². The molecule has 0 aliphatic carbocycles. The van der Waals surface area contributed by atoms with E-state index in [-0.39, 0.29) is 40.0 Å². The molecule has 1 rings (SSSR count). The van der Waals surface area contributed by atoms with Gasteiger partial charge in [0.05, 0.1) is 5.30 Å². The average Bonchev–Trinajstić information content (AvgIpc) is 2.02. The molecule has 0 heterocycles. The number of anilines is 1. The first-order chi connectivity index (χ1) is 6.39. The van der Waals surface area contributed by atoms with Gasteiger partial charge >= 0.3 is 37.2 Å². The van der Waals surface area contributed by atoms with Crippen LogP contribution in [0, 0.1) is 0 Å². The summed E-state index contributed by atoms with van der Waals surface area (Å²) in [5.74, 6) is 0. The normalized spacial score (nSPS) is 10.3. The molecule has 0 aliphatic heterocycles. The van der Waals surface area contributed by atoms with Crippen molar-refractivity contribution >= 4 is 65.5 Å². The number of benzene rings is 1. The van der Waals surface area contributed by atoms with E-state index >= 15 is 0 Å². The summed E-state index contributed by atoms with van der Waals surface area (Å²) in [6.07, 6.45) is 0. The first kappa shape index (κ1) is 15.1. The minimum absolute atomic E-state index is 0. The third-order valence-corrected chi connectivity index (χ3v) is 2.54. The molecule has 0 fully saturated rings. The van der Waals surface area contributed by atoms with E-state index in [0.29, 0.717) is 5.69 Å². The van der Waals surface area contributed by atoms with Crippen LogP contribution in [0.2, 0.25) is 0 Å². The molecule has 1 aromatic carbocycles. The number of rotatable bonds is 2. The second-order valence-corrected chi connectivity index (χ2v) is 4.62. The fourth-order valence-electron chi connectivity index (χ4n) is 0.881. The van der Waals surface area contributed by atoms with Crippen molar-refractivity contribution in [1.29, 1.82) is 0 Å². The van der Waals surface area contributed by atoms with Gasteiger partial charge < -0.3 is 20.8 Å². The van der Waals surface area contributed by atoms with Crippen LogP contribution < -0.4 is 16.4 Å². The Morgan fingerprint density at radius 2 is 1.80 bits per heavy atom. The minimum atomic E-state index is -4.16. The van der Waals surface area contributed by atoms with Crippen molar-refractivity contribution in [3.05, 3.63) is 24.3 Å². The van der Waals surface area contributed by atoms with Gasteiger partial charge in [0.25, 0.3) is 0 Å². The van der Waals surface area contributed by atoms with Crippen LogP contribution in [0.1, 0.15) is 0 Å².